The zero-order valence-corrected chi connectivity index (χ0v) is 21.7. The molecule has 1 aliphatic rings. The lowest BCUT2D eigenvalue weighted by molar-refractivity contribution is -0.143. The minimum atomic E-state index is -0.981. The Morgan fingerprint density at radius 1 is 1.24 bits per heavy atom. The summed E-state index contributed by atoms with van der Waals surface area (Å²) in [6.45, 7) is 1.07. The molecule has 0 saturated carbocycles. The van der Waals surface area contributed by atoms with E-state index in [-0.39, 0.29) is 31.0 Å². The number of amides is 2. The Bertz CT molecular complexity index is 1320. The van der Waals surface area contributed by atoms with Crippen LogP contribution in [0.1, 0.15) is 29.5 Å². The molecule has 0 radical (unpaired) electrons. The second-order valence-corrected chi connectivity index (χ2v) is 9.80. The lowest BCUT2D eigenvalue weighted by Crippen LogP contribution is -2.46. The van der Waals surface area contributed by atoms with Gasteiger partial charge in [0.15, 0.2) is 6.04 Å². The molecule has 1 aliphatic heterocycles. The molecule has 11 nitrogen and oxygen atoms in total. The molecule has 2 unspecified atom stereocenters. The fraction of sp³-hybridized carbons (Fsp3) is 0.346. The molecule has 1 aromatic carbocycles. The van der Waals surface area contributed by atoms with Crippen molar-refractivity contribution in [1.29, 1.82) is 0 Å². The first-order chi connectivity index (χ1) is 18.6. The minimum Gasteiger partial charge on any atom is -0.497 e. The van der Waals surface area contributed by atoms with Gasteiger partial charge in [0.25, 0.3) is 5.91 Å². The number of nitrogens with zero attached hydrogens (tertiary/aromatic N) is 5. The number of thiophene rings is 1. The summed E-state index contributed by atoms with van der Waals surface area (Å²) in [5.41, 5.74) is 0.738. The Balaban J connectivity index is 1.37. The fourth-order valence-electron chi connectivity index (χ4n) is 4.26. The Hall–Kier alpha value is -4.03. The monoisotopic (exact) mass is 536 g/mol. The van der Waals surface area contributed by atoms with Crippen LogP contribution < -0.4 is 10.1 Å². The Morgan fingerprint density at radius 3 is 2.79 bits per heavy atom. The van der Waals surface area contributed by atoms with E-state index in [4.69, 9.17) is 13.9 Å². The van der Waals surface area contributed by atoms with Crippen LogP contribution in [0.4, 0.5) is 0 Å². The molecular formula is C26H28N6O5S. The molecule has 1 fully saturated rings. The van der Waals surface area contributed by atoms with E-state index in [0.717, 1.165) is 23.3 Å². The van der Waals surface area contributed by atoms with E-state index in [1.165, 1.54) is 27.3 Å². The largest absolute Gasteiger partial charge is 0.497 e. The Labute approximate surface area is 223 Å². The van der Waals surface area contributed by atoms with Crippen molar-refractivity contribution >= 4 is 23.2 Å². The summed E-state index contributed by atoms with van der Waals surface area (Å²) < 4.78 is 16.5. The highest BCUT2D eigenvalue weighted by Gasteiger charge is 2.35. The fourth-order valence-corrected chi connectivity index (χ4v) is 4.96. The van der Waals surface area contributed by atoms with Crippen LogP contribution >= 0.6 is 11.3 Å². The van der Waals surface area contributed by atoms with Crippen molar-refractivity contribution in [3.63, 3.8) is 0 Å². The number of carbonyl (C=O) groups excluding carboxylic acids is 2. The van der Waals surface area contributed by atoms with Crippen molar-refractivity contribution < 1.29 is 23.5 Å². The minimum absolute atomic E-state index is 0.0339. The summed E-state index contributed by atoms with van der Waals surface area (Å²) in [7, 11) is 1.59. The highest BCUT2D eigenvalue weighted by atomic mass is 32.1. The maximum absolute atomic E-state index is 13.7. The third kappa shape index (κ3) is 6.09. The lowest BCUT2D eigenvalue weighted by Gasteiger charge is -2.29. The smallest absolute Gasteiger partial charge is 0.250 e. The summed E-state index contributed by atoms with van der Waals surface area (Å²) in [6, 6.07) is 13.5. The molecule has 4 aromatic rings. The molecule has 0 bridgehead atoms. The molecule has 0 aliphatic carbocycles. The molecule has 198 valence electrons. The van der Waals surface area contributed by atoms with E-state index in [2.05, 4.69) is 20.7 Å². The van der Waals surface area contributed by atoms with Gasteiger partial charge < -0.3 is 24.1 Å². The van der Waals surface area contributed by atoms with Gasteiger partial charge in [-0.25, -0.2) is 0 Å². The van der Waals surface area contributed by atoms with Gasteiger partial charge >= 0.3 is 0 Å². The average Bonchev–Trinajstić information content (AvgIpc) is 3.76. The highest BCUT2D eigenvalue weighted by Crippen LogP contribution is 2.26. The predicted octanol–water partition coefficient (Wildman–Crippen LogP) is 3.07. The van der Waals surface area contributed by atoms with Gasteiger partial charge in [-0.1, -0.05) is 6.07 Å². The van der Waals surface area contributed by atoms with Crippen molar-refractivity contribution in [2.24, 2.45) is 0 Å². The molecule has 4 heterocycles. The van der Waals surface area contributed by atoms with Gasteiger partial charge in [-0.2, -0.15) is 4.80 Å². The second kappa shape index (κ2) is 12.0. The molecule has 2 amide bonds. The van der Waals surface area contributed by atoms with Crippen LogP contribution in [-0.4, -0.2) is 63.3 Å². The summed E-state index contributed by atoms with van der Waals surface area (Å²) in [5.74, 6) is 0.756. The Kier molecular flexibility index (Phi) is 8.09. The quantitative estimate of drug-likeness (QED) is 0.310. The molecule has 1 N–H and O–H groups in total. The van der Waals surface area contributed by atoms with Gasteiger partial charge in [0, 0.05) is 23.6 Å². The number of carbonyl (C=O) groups is 2. The standard InChI is InChI=1S/C26H28N6O5S/c1-35-19-10-8-18(9-11-19)25-28-30-32(29-25)17-23(33)31(16-21-6-4-14-38-21)24(22-7-3-13-37-22)26(34)27-15-20-5-2-12-36-20/h3-4,6-11,13-14,20,24H,2,5,12,15-17H2,1H3,(H,27,34). The zero-order chi connectivity index (χ0) is 26.3. The van der Waals surface area contributed by atoms with E-state index in [0.29, 0.717) is 30.5 Å². The van der Waals surface area contributed by atoms with Crippen LogP contribution in [-0.2, 0) is 27.4 Å². The van der Waals surface area contributed by atoms with Gasteiger partial charge in [0.1, 0.15) is 18.1 Å². The number of aromatic nitrogens is 4. The van der Waals surface area contributed by atoms with Crippen molar-refractivity contribution in [2.45, 2.75) is 38.1 Å². The number of tetrazole rings is 1. The second-order valence-electron chi connectivity index (χ2n) is 8.77. The van der Waals surface area contributed by atoms with Crippen molar-refractivity contribution in [1.82, 2.24) is 30.4 Å². The average molecular weight is 537 g/mol. The molecule has 2 atom stereocenters. The van der Waals surface area contributed by atoms with Gasteiger partial charge in [0.05, 0.1) is 26.0 Å². The first kappa shape index (κ1) is 25.6. The highest BCUT2D eigenvalue weighted by molar-refractivity contribution is 7.09. The van der Waals surface area contributed by atoms with E-state index < -0.39 is 6.04 Å². The van der Waals surface area contributed by atoms with Crippen LogP contribution in [0.3, 0.4) is 0 Å². The molecule has 12 heteroatoms. The topological polar surface area (TPSA) is 125 Å². The third-order valence-corrected chi connectivity index (χ3v) is 7.07. The summed E-state index contributed by atoms with van der Waals surface area (Å²) in [6.07, 6.45) is 3.31. The number of rotatable bonds is 11. The molecule has 3 aromatic heterocycles. The number of methoxy groups -OCH3 is 1. The van der Waals surface area contributed by atoms with E-state index in [9.17, 15) is 9.59 Å². The third-order valence-electron chi connectivity index (χ3n) is 6.21. The number of hydrogen-bond donors (Lipinski definition) is 1. The van der Waals surface area contributed by atoms with E-state index in [1.54, 1.807) is 31.4 Å². The van der Waals surface area contributed by atoms with E-state index in [1.807, 2.05) is 29.6 Å². The zero-order valence-electron chi connectivity index (χ0n) is 20.9. The lowest BCUT2D eigenvalue weighted by atomic mass is 10.1. The molecular weight excluding hydrogens is 508 g/mol. The molecule has 1 saturated heterocycles. The first-order valence-corrected chi connectivity index (χ1v) is 13.2. The van der Waals surface area contributed by atoms with Crippen LogP contribution in [0.5, 0.6) is 5.75 Å². The number of hydrogen-bond acceptors (Lipinski definition) is 9. The number of ether oxygens (including phenoxy) is 2. The molecule has 5 rings (SSSR count). The van der Waals surface area contributed by atoms with Crippen molar-refractivity contribution in [3.05, 3.63) is 70.8 Å². The van der Waals surface area contributed by atoms with Gasteiger partial charge in [-0.3, -0.25) is 9.59 Å². The van der Waals surface area contributed by atoms with Crippen LogP contribution in [0.25, 0.3) is 11.4 Å². The number of benzene rings is 1. The van der Waals surface area contributed by atoms with Crippen molar-refractivity contribution in [3.8, 4) is 17.1 Å². The normalized spacial score (nSPS) is 15.8. The van der Waals surface area contributed by atoms with Gasteiger partial charge in [-0.05, 0) is 65.9 Å². The van der Waals surface area contributed by atoms with Gasteiger partial charge in [-0.15, -0.1) is 21.5 Å². The molecule has 0 spiro atoms. The maximum Gasteiger partial charge on any atom is 0.250 e. The van der Waals surface area contributed by atoms with Crippen LogP contribution in [0.2, 0.25) is 0 Å². The summed E-state index contributed by atoms with van der Waals surface area (Å²) >= 11 is 1.50. The van der Waals surface area contributed by atoms with Crippen LogP contribution in [0.15, 0.2) is 64.6 Å². The van der Waals surface area contributed by atoms with Crippen LogP contribution in [0, 0.1) is 0 Å². The number of nitrogens with one attached hydrogen (secondary N) is 1. The van der Waals surface area contributed by atoms with E-state index >= 15 is 0 Å². The van der Waals surface area contributed by atoms with Crippen molar-refractivity contribution in [2.75, 3.05) is 20.3 Å². The SMILES string of the molecule is COc1ccc(-c2nnn(CC(=O)N(Cc3cccs3)C(C(=O)NCC3CCCO3)c3ccco3)n2)cc1. The molecule has 38 heavy (non-hydrogen) atoms. The summed E-state index contributed by atoms with van der Waals surface area (Å²) in [4.78, 5) is 30.8. The first-order valence-electron chi connectivity index (χ1n) is 12.3. The number of furan rings is 1. The maximum atomic E-state index is 13.7. The summed E-state index contributed by atoms with van der Waals surface area (Å²) in [5, 5.41) is 17.4. The Morgan fingerprint density at radius 2 is 2.11 bits per heavy atom. The van der Waals surface area contributed by atoms with Gasteiger partial charge in [0.2, 0.25) is 11.7 Å². The predicted molar refractivity (Wildman–Crippen MR) is 138 cm³/mol.